The van der Waals surface area contributed by atoms with Crippen LogP contribution in [0, 0.1) is 0 Å². The zero-order valence-corrected chi connectivity index (χ0v) is 10.6. The predicted molar refractivity (Wildman–Crippen MR) is 71.0 cm³/mol. The topological polar surface area (TPSA) is 69.7 Å². The number of nitrogens with two attached hydrogens (primary N) is 1. The van der Waals surface area contributed by atoms with E-state index in [0.717, 1.165) is 11.1 Å². The van der Waals surface area contributed by atoms with Crippen LogP contribution in [0.25, 0.3) is 0 Å². The summed E-state index contributed by atoms with van der Waals surface area (Å²) in [4.78, 5) is 2.17. The fraction of sp³-hybridized carbons (Fsp3) is 0.571. The monoisotopic (exact) mass is 250 g/mol. The summed E-state index contributed by atoms with van der Waals surface area (Å²) in [6, 6.07) is 8.31. The van der Waals surface area contributed by atoms with E-state index in [1.165, 1.54) is 12.8 Å². The third-order valence-electron chi connectivity index (χ3n) is 3.46. The lowest BCUT2D eigenvalue weighted by Gasteiger charge is -2.24. The molecular weight excluding hydrogens is 228 g/mol. The molecule has 0 aromatic heterocycles. The van der Waals surface area contributed by atoms with E-state index >= 15 is 0 Å². The lowest BCUT2D eigenvalue weighted by Crippen LogP contribution is -2.33. The Kier molecular flexibility index (Phi) is 4.72. The Balaban J connectivity index is 1.94. The number of nitrogens with zero attached hydrogens (tertiary/aromatic N) is 1. The molecule has 0 aliphatic heterocycles. The van der Waals surface area contributed by atoms with Gasteiger partial charge in [-0.15, -0.1) is 0 Å². The van der Waals surface area contributed by atoms with Gasteiger partial charge in [-0.05, 0) is 24.0 Å². The van der Waals surface area contributed by atoms with Crippen molar-refractivity contribution in [3.05, 3.63) is 35.4 Å². The summed E-state index contributed by atoms with van der Waals surface area (Å²) < 4.78 is 0. The standard InChI is InChI=1S/C14H22N2O2/c15-9-11-1-3-12(4-2-11)14(18)10-16(7-8-17)13-5-6-13/h1-4,13-14,17-18H,5-10,15H2. The smallest absolute Gasteiger partial charge is 0.0917 e. The molecule has 0 saturated heterocycles. The van der Waals surface area contributed by atoms with E-state index in [9.17, 15) is 5.11 Å². The van der Waals surface area contributed by atoms with Crippen LogP contribution in [0.15, 0.2) is 24.3 Å². The Labute approximate surface area is 108 Å². The van der Waals surface area contributed by atoms with Crippen molar-refractivity contribution in [3.8, 4) is 0 Å². The van der Waals surface area contributed by atoms with Crippen LogP contribution in [0.4, 0.5) is 0 Å². The van der Waals surface area contributed by atoms with Gasteiger partial charge in [-0.25, -0.2) is 0 Å². The molecule has 0 amide bonds. The van der Waals surface area contributed by atoms with E-state index < -0.39 is 6.10 Å². The predicted octanol–water partition coefficient (Wildman–Crippen LogP) is 0.635. The molecule has 0 spiro atoms. The molecule has 18 heavy (non-hydrogen) atoms. The minimum absolute atomic E-state index is 0.148. The molecule has 2 rings (SSSR count). The largest absolute Gasteiger partial charge is 0.395 e. The number of rotatable bonds is 7. The van der Waals surface area contributed by atoms with Crippen LogP contribution in [-0.2, 0) is 6.54 Å². The number of aliphatic hydroxyl groups excluding tert-OH is 2. The SMILES string of the molecule is NCc1ccc(C(O)CN(CCO)C2CC2)cc1. The van der Waals surface area contributed by atoms with E-state index in [1.54, 1.807) is 0 Å². The van der Waals surface area contributed by atoms with Crippen LogP contribution >= 0.6 is 0 Å². The molecule has 4 nitrogen and oxygen atoms in total. The van der Waals surface area contributed by atoms with Gasteiger partial charge in [-0.3, -0.25) is 4.90 Å². The van der Waals surface area contributed by atoms with Gasteiger partial charge in [-0.2, -0.15) is 0 Å². The quantitative estimate of drug-likeness (QED) is 0.664. The van der Waals surface area contributed by atoms with Crippen molar-refractivity contribution >= 4 is 0 Å². The fourth-order valence-electron chi connectivity index (χ4n) is 2.19. The van der Waals surface area contributed by atoms with Crippen molar-refractivity contribution in [3.63, 3.8) is 0 Å². The van der Waals surface area contributed by atoms with Gasteiger partial charge in [0.1, 0.15) is 0 Å². The van der Waals surface area contributed by atoms with Crippen LogP contribution in [-0.4, -0.2) is 40.9 Å². The van der Waals surface area contributed by atoms with E-state index in [2.05, 4.69) is 4.90 Å². The summed E-state index contributed by atoms with van der Waals surface area (Å²) >= 11 is 0. The first-order valence-electron chi connectivity index (χ1n) is 6.56. The third-order valence-corrected chi connectivity index (χ3v) is 3.46. The van der Waals surface area contributed by atoms with Crippen molar-refractivity contribution in [2.45, 2.75) is 31.5 Å². The Morgan fingerprint density at radius 2 is 1.94 bits per heavy atom. The lowest BCUT2D eigenvalue weighted by atomic mass is 10.1. The molecule has 0 radical (unpaired) electrons. The minimum atomic E-state index is -0.496. The Morgan fingerprint density at radius 3 is 2.44 bits per heavy atom. The summed E-state index contributed by atoms with van der Waals surface area (Å²) in [7, 11) is 0. The van der Waals surface area contributed by atoms with Gasteiger partial charge in [0.2, 0.25) is 0 Å². The van der Waals surface area contributed by atoms with Crippen molar-refractivity contribution in [2.75, 3.05) is 19.7 Å². The molecule has 0 bridgehead atoms. The van der Waals surface area contributed by atoms with Crippen molar-refractivity contribution in [1.82, 2.24) is 4.90 Å². The molecule has 100 valence electrons. The van der Waals surface area contributed by atoms with Gasteiger partial charge in [0.25, 0.3) is 0 Å². The van der Waals surface area contributed by atoms with Gasteiger partial charge >= 0.3 is 0 Å². The van der Waals surface area contributed by atoms with Gasteiger partial charge in [-0.1, -0.05) is 24.3 Å². The van der Waals surface area contributed by atoms with Crippen LogP contribution in [0.2, 0.25) is 0 Å². The average Bonchev–Trinajstić information content (AvgIpc) is 3.22. The summed E-state index contributed by atoms with van der Waals surface area (Å²) in [6.45, 7) is 1.90. The van der Waals surface area contributed by atoms with Crippen LogP contribution in [0.5, 0.6) is 0 Å². The second-order valence-corrected chi connectivity index (χ2v) is 4.91. The molecule has 4 N–H and O–H groups in total. The van der Waals surface area contributed by atoms with Crippen LogP contribution < -0.4 is 5.73 Å². The highest BCUT2D eigenvalue weighted by Gasteiger charge is 2.29. The van der Waals surface area contributed by atoms with Gasteiger partial charge < -0.3 is 15.9 Å². The zero-order chi connectivity index (χ0) is 13.0. The van der Waals surface area contributed by atoms with Crippen molar-refractivity contribution in [2.24, 2.45) is 5.73 Å². The lowest BCUT2D eigenvalue weighted by molar-refractivity contribution is 0.0952. The fourth-order valence-corrected chi connectivity index (χ4v) is 2.19. The van der Waals surface area contributed by atoms with Crippen LogP contribution in [0.1, 0.15) is 30.1 Å². The van der Waals surface area contributed by atoms with Crippen molar-refractivity contribution in [1.29, 1.82) is 0 Å². The van der Waals surface area contributed by atoms with Crippen LogP contribution in [0.3, 0.4) is 0 Å². The first-order chi connectivity index (χ1) is 8.74. The van der Waals surface area contributed by atoms with E-state index in [4.69, 9.17) is 10.8 Å². The van der Waals surface area contributed by atoms with E-state index in [1.807, 2.05) is 24.3 Å². The summed E-state index contributed by atoms with van der Waals surface area (Å²) in [5, 5.41) is 19.2. The average molecular weight is 250 g/mol. The number of aliphatic hydroxyl groups is 2. The molecule has 1 saturated carbocycles. The van der Waals surface area contributed by atoms with Crippen molar-refractivity contribution < 1.29 is 10.2 Å². The molecule has 1 atom stereocenters. The summed E-state index contributed by atoms with van der Waals surface area (Å²) in [6.07, 6.45) is 1.86. The zero-order valence-electron chi connectivity index (χ0n) is 10.6. The molecule has 4 heteroatoms. The highest BCUT2D eigenvalue weighted by molar-refractivity contribution is 5.24. The molecular formula is C14H22N2O2. The van der Waals surface area contributed by atoms with Gasteiger partial charge in [0.05, 0.1) is 12.7 Å². The molecule has 1 fully saturated rings. The third kappa shape index (κ3) is 3.53. The molecule has 1 aliphatic rings. The Hall–Kier alpha value is -0.940. The maximum absolute atomic E-state index is 10.2. The van der Waals surface area contributed by atoms with Gasteiger partial charge in [0.15, 0.2) is 0 Å². The first kappa shape index (κ1) is 13.5. The molecule has 1 aromatic carbocycles. The Bertz CT molecular complexity index is 363. The molecule has 1 aliphatic carbocycles. The maximum Gasteiger partial charge on any atom is 0.0917 e. The minimum Gasteiger partial charge on any atom is -0.395 e. The van der Waals surface area contributed by atoms with E-state index in [-0.39, 0.29) is 6.61 Å². The second kappa shape index (κ2) is 6.29. The number of hydrogen-bond donors (Lipinski definition) is 3. The normalized spacial score (nSPS) is 17.1. The highest BCUT2D eigenvalue weighted by Crippen LogP contribution is 2.28. The number of hydrogen-bond acceptors (Lipinski definition) is 4. The molecule has 0 heterocycles. The maximum atomic E-state index is 10.2. The summed E-state index contributed by atoms with van der Waals surface area (Å²) in [5.41, 5.74) is 7.53. The van der Waals surface area contributed by atoms with Gasteiger partial charge in [0, 0.05) is 25.7 Å². The second-order valence-electron chi connectivity index (χ2n) is 4.91. The molecule has 1 unspecified atom stereocenters. The summed E-state index contributed by atoms with van der Waals surface area (Å²) in [5.74, 6) is 0. The first-order valence-corrected chi connectivity index (χ1v) is 6.56. The van der Waals surface area contributed by atoms with E-state index in [0.29, 0.717) is 25.7 Å². The number of benzene rings is 1. The molecule has 1 aromatic rings. The highest BCUT2D eigenvalue weighted by atomic mass is 16.3. The Morgan fingerprint density at radius 1 is 1.28 bits per heavy atom.